The summed E-state index contributed by atoms with van der Waals surface area (Å²) < 4.78 is 26.8. The molecule has 2 atom stereocenters. The normalized spacial score (nSPS) is 20.8. The van der Waals surface area contributed by atoms with E-state index in [1.807, 2.05) is 6.92 Å². The standard InChI is InChI=1S/C25H33N3O3S/c1-19-6-5-15-27(18-19)23-11-7-21(8-12-23)20(2)26-25(29)22-9-13-24(14-10-22)32(30,31)28-16-3-4-17-28/h7-14,19-20H,3-6,15-18H2,1-2H3,(H,26,29)/t19-,20+/m1/s1. The van der Waals surface area contributed by atoms with Gasteiger partial charge in [-0.3, -0.25) is 4.79 Å². The maximum Gasteiger partial charge on any atom is 0.251 e. The molecule has 172 valence electrons. The van der Waals surface area contributed by atoms with E-state index in [0.29, 0.717) is 18.7 Å². The molecule has 2 aromatic rings. The first-order valence-electron chi connectivity index (χ1n) is 11.6. The predicted molar refractivity (Wildman–Crippen MR) is 127 cm³/mol. The van der Waals surface area contributed by atoms with E-state index >= 15 is 0 Å². The van der Waals surface area contributed by atoms with Crippen molar-refractivity contribution in [2.45, 2.75) is 50.5 Å². The van der Waals surface area contributed by atoms with Crippen molar-refractivity contribution < 1.29 is 13.2 Å². The fraction of sp³-hybridized carbons (Fsp3) is 0.480. The summed E-state index contributed by atoms with van der Waals surface area (Å²) in [5.41, 5.74) is 2.73. The lowest BCUT2D eigenvalue weighted by Crippen LogP contribution is -2.34. The highest BCUT2D eigenvalue weighted by atomic mass is 32.2. The smallest absolute Gasteiger partial charge is 0.251 e. The van der Waals surface area contributed by atoms with Gasteiger partial charge in [0.25, 0.3) is 5.91 Å². The fourth-order valence-corrected chi connectivity index (χ4v) is 6.13. The highest BCUT2D eigenvalue weighted by Gasteiger charge is 2.27. The van der Waals surface area contributed by atoms with Crippen LogP contribution < -0.4 is 10.2 Å². The Morgan fingerprint density at radius 2 is 1.62 bits per heavy atom. The van der Waals surface area contributed by atoms with Gasteiger partial charge in [-0.1, -0.05) is 19.1 Å². The second-order valence-corrected chi connectivity index (χ2v) is 11.1. The number of sulfonamides is 1. The number of amides is 1. The number of rotatable bonds is 6. The van der Waals surface area contributed by atoms with Crippen LogP contribution in [-0.4, -0.2) is 44.8 Å². The summed E-state index contributed by atoms with van der Waals surface area (Å²) in [7, 11) is -3.47. The van der Waals surface area contributed by atoms with E-state index in [0.717, 1.165) is 37.4 Å². The molecule has 32 heavy (non-hydrogen) atoms. The molecule has 2 fully saturated rings. The van der Waals surface area contributed by atoms with Gasteiger partial charge in [0, 0.05) is 37.4 Å². The number of piperidine rings is 1. The van der Waals surface area contributed by atoms with Gasteiger partial charge in [-0.25, -0.2) is 8.42 Å². The van der Waals surface area contributed by atoms with Crippen LogP contribution in [0.25, 0.3) is 0 Å². The minimum atomic E-state index is -3.47. The number of nitrogens with one attached hydrogen (secondary N) is 1. The second-order valence-electron chi connectivity index (χ2n) is 9.12. The van der Waals surface area contributed by atoms with E-state index in [2.05, 4.69) is 41.4 Å². The zero-order chi connectivity index (χ0) is 22.7. The third kappa shape index (κ3) is 4.99. The van der Waals surface area contributed by atoms with Crippen molar-refractivity contribution in [3.8, 4) is 0 Å². The molecule has 0 unspecified atom stereocenters. The van der Waals surface area contributed by atoms with E-state index in [4.69, 9.17) is 0 Å². The van der Waals surface area contributed by atoms with Crippen LogP contribution in [0.4, 0.5) is 5.69 Å². The largest absolute Gasteiger partial charge is 0.371 e. The van der Waals surface area contributed by atoms with Crippen molar-refractivity contribution in [1.29, 1.82) is 0 Å². The van der Waals surface area contributed by atoms with Crippen molar-refractivity contribution in [3.05, 3.63) is 59.7 Å². The number of carbonyl (C=O) groups excluding carboxylic acids is 1. The molecule has 2 saturated heterocycles. The van der Waals surface area contributed by atoms with Crippen LogP contribution in [0, 0.1) is 5.92 Å². The fourth-order valence-electron chi connectivity index (χ4n) is 4.62. The molecule has 2 aliphatic heterocycles. The van der Waals surface area contributed by atoms with Crippen molar-refractivity contribution in [1.82, 2.24) is 9.62 Å². The molecule has 2 aromatic carbocycles. The van der Waals surface area contributed by atoms with Crippen LogP contribution in [0.2, 0.25) is 0 Å². The van der Waals surface area contributed by atoms with Gasteiger partial charge in [-0.2, -0.15) is 4.31 Å². The Morgan fingerprint density at radius 3 is 2.25 bits per heavy atom. The number of anilines is 1. The van der Waals surface area contributed by atoms with Crippen LogP contribution in [0.5, 0.6) is 0 Å². The number of hydrogen-bond acceptors (Lipinski definition) is 4. The Hall–Kier alpha value is -2.38. The Morgan fingerprint density at radius 1 is 0.969 bits per heavy atom. The number of nitrogens with zero attached hydrogens (tertiary/aromatic N) is 2. The highest BCUT2D eigenvalue weighted by molar-refractivity contribution is 7.89. The summed E-state index contributed by atoms with van der Waals surface area (Å²) in [5.74, 6) is 0.509. The van der Waals surface area contributed by atoms with Crippen molar-refractivity contribution in [2.24, 2.45) is 5.92 Å². The summed E-state index contributed by atoms with van der Waals surface area (Å²) in [6, 6.07) is 14.5. The van der Waals surface area contributed by atoms with E-state index in [1.165, 1.54) is 35.0 Å². The van der Waals surface area contributed by atoms with Gasteiger partial charge >= 0.3 is 0 Å². The summed E-state index contributed by atoms with van der Waals surface area (Å²) in [5, 5.41) is 3.02. The molecule has 2 heterocycles. The molecule has 0 aliphatic carbocycles. The second kappa shape index (κ2) is 9.63. The van der Waals surface area contributed by atoms with E-state index < -0.39 is 10.0 Å². The van der Waals surface area contributed by atoms with Gasteiger partial charge in [0.2, 0.25) is 10.0 Å². The van der Waals surface area contributed by atoms with Gasteiger partial charge in [0.05, 0.1) is 10.9 Å². The van der Waals surface area contributed by atoms with Crippen molar-refractivity contribution in [2.75, 3.05) is 31.1 Å². The Labute approximate surface area is 191 Å². The van der Waals surface area contributed by atoms with Crippen LogP contribution in [0.15, 0.2) is 53.4 Å². The zero-order valence-corrected chi connectivity index (χ0v) is 19.8. The maximum atomic E-state index is 12.7. The quantitative estimate of drug-likeness (QED) is 0.709. The molecular weight excluding hydrogens is 422 g/mol. The molecule has 1 N–H and O–H groups in total. The minimum absolute atomic E-state index is 0.148. The molecule has 0 aromatic heterocycles. The third-order valence-electron chi connectivity index (χ3n) is 6.58. The number of hydrogen-bond donors (Lipinski definition) is 1. The lowest BCUT2D eigenvalue weighted by molar-refractivity contribution is 0.0939. The van der Waals surface area contributed by atoms with E-state index in [-0.39, 0.29) is 16.8 Å². The van der Waals surface area contributed by atoms with E-state index in [1.54, 1.807) is 12.1 Å². The topological polar surface area (TPSA) is 69.7 Å². The molecule has 1 amide bonds. The number of benzene rings is 2. The lowest BCUT2D eigenvalue weighted by Gasteiger charge is -2.33. The average molecular weight is 456 g/mol. The molecule has 0 bridgehead atoms. The maximum absolute atomic E-state index is 12.7. The third-order valence-corrected chi connectivity index (χ3v) is 8.50. The van der Waals surface area contributed by atoms with Crippen LogP contribution >= 0.6 is 0 Å². The van der Waals surface area contributed by atoms with Crippen LogP contribution in [0.1, 0.15) is 61.5 Å². The van der Waals surface area contributed by atoms with Gasteiger partial charge in [0.1, 0.15) is 0 Å². The van der Waals surface area contributed by atoms with E-state index in [9.17, 15) is 13.2 Å². The first kappa shape index (κ1) is 22.8. The lowest BCUT2D eigenvalue weighted by atomic mass is 9.99. The molecule has 4 rings (SSSR count). The molecule has 2 aliphatic rings. The SMILES string of the molecule is C[C@@H]1CCCN(c2ccc([C@H](C)NC(=O)c3ccc(S(=O)(=O)N4CCCC4)cc3)cc2)C1. The minimum Gasteiger partial charge on any atom is -0.371 e. The molecule has 7 heteroatoms. The molecular formula is C25H33N3O3S. The van der Waals surface area contributed by atoms with Crippen molar-refractivity contribution >= 4 is 21.6 Å². The first-order valence-corrected chi connectivity index (χ1v) is 13.0. The van der Waals surface area contributed by atoms with Gasteiger partial charge in [-0.15, -0.1) is 0 Å². The van der Waals surface area contributed by atoms with Gasteiger partial charge in [-0.05, 0) is 80.5 Å². The monoisotopic (exact) mass is 455 g/mol. The van der Waals surface area contributed by atoms with Gasteiger partial charge in [0.15, 0.2) is 0 Å². The Kier molecular flexibility index (Phi) is 6.86. The summed E-state index contributed by atoms with van der Waals surface area (Å²) in [4.78, 5) is 15.4. The number of carbonyl (C=O) groups is 1. The molecule has 0 saturated carbocycles. The predicted octanol–water partition coefficient (Wildman–Crippen LogP) is 4.20. The molecule has 0 radical (unpaired) electrons. The summed E-state index contributed by atoms with van der Waals surface area (Å²) in [6.45, 7) is 7.58. The van der Waals surface area contributed by atoms with Crippen LogP contribution in [-0.2, 0) is 10.0 Å². The average Bonchev–Trinajstić information content (AvgIpc) is 3.35. The Bertz CT molecular complexity index is 1030. The van der Waals surface area contributed by atoms with Gasteiger partial charge < -0.3 is 10.2 Å². The first-order chi connectivity index (χ1) is 15.3. The Balaban J connectivity index is 1.38. The zero-order valence-electron chi connectivity index (χ0n) is 19.0. The highest BCUT2D eigenvalue weighted by Crippen LogP contribution is 2.25. The van der Waals surface area contributed by atoms with Crippen LogP contribution in [0.3, 0.4) is 0 Å². The summed E-state index contributed by atoms with van der Waals surface area (Å²) in [6.07, 6.45) is 4.32. The molecule has 6 nitrogen and oxygen atoms in total. The summed E-state index contributed by atoms with van der Waals surface area (Å²) >= 11 is 0. The van der Waals surface area contributed by atoms with Crippen molar-refractivity contribution in [3.63, 3.8) is 0 Å². The molecule has 0 spiro atoms.